The number of nitriles is 1. The molecule has 0 amide bonds. The molecule has 0 spiro atoms. The maximum atomic E-state index is 13.9. The lowest BCUT2D eigenvalue weighted by molar-refractivity contribution is 0.114. The van der Waals surface area contributed by atoms with Crippen molar-refractivity contribution in [2.75, 3.05) is 0 Å². The van der Waals surface area contributed by atoms with Crippen LogP contribution in [0.4, 0.5) is 4.39 Å². The molecule has 4 atom stereocenters. The molecule has 2 aliphatic rings. The zero-order valence-electron chi connectivity index (χ0n) is 13.5. The van der Waals surface area contributed by atoms with Crippen LogP contribution in [0.3, 0.4) is 0 Å². The van der Waals surface area contributed by atoms with Crippen LogP contribution in [0.2, 0.25) is 0 Å². The van der Waals surface area contributed by atoms with Crippen LogP contribution in [0.25, 0.3) is 0 Å². The number of halogens is 1. The molecule has 0 saturated heterocycles. The van der Waals surface area contributed by atoms with E-state index < -0.39 is 0 Å². The van der Waals surface area contributed by atoms with Crippen molar-refractivity contribution in [3.8, 4) is 6.07 Å². The van der Waals surface area contributed by atoms with Gasteiger partial charge in [0.2, 0.25) is 0 Å². The van der Waals surface area contributed by atoms with Gasteiger partial charge in [-0.1, -0.05) is 32.3 Å². The Bertz CT molecular complexity index is 559. The molecular weight excluding hydrogens is 273 g/mol. The lowest BCUT2D eigenvalue weighted by Crippen LogP contribution is -2.30. The van der Waals surface area contributed by atoms with Crippen LogP contribution in [0.1, 0.15) is 75.3 Å². The second-order valence-electron chi connectivity index (χ2n) is 7.35. The van der Waals surface area contributed by atoms with Crippen LogP contribution >= 0.6 is 0 Å². The minimum Gasteiger partial charge on any atom is -0.206 e. The zero-order valence-corrected chi connectivity index (χ0v) is 13.5. The van der Waals surface area contributed by atoms with Crippen molar-refractivity contribution in [1.29, 1.82) is 5.26 Å². The molecule has 4 unspecified atom stereocenters. The van der Waals surface area contributed by atoms with Crippen molar-refractivity contribution in [1.82, 2.24) is 0 Å². The van der Waals surface area contributed by atoms with E-state index in [-0.39, 0.29) is 11.4 Å². The molecule has 0 N–H and O–H groups in total. The molecule has 118 valence electrons. The number of benzene rings is 1. The van der Waals surface area contributed by atoms with Crippen molar-refractivity contribution in [3.63, 3.8) is 0 Å². The molecule has 1 aromatic rings. The van der Waals surface area contributed by atoms with E-state index in [0.717, 1.165) is 23.3 Å². The summed E-state index contributed by atoms with van der Waals surface area (Å²) in [6.07, 6.45) is 10.6. The molecule has 2 fully saturated rings. The summed E-state index contributed by atoms with van der Waals surface area (Å²) in [7, 11) is 0. The Morgan fingerprint density at radius 3 is 2.64 bits per heavy atom. The van der Waals surface area contributed by atoms with Gasteiger partial charge in [0.05, 0.1) is 5.56 Å². The van der Waals surface area contributed by atoms with Crippen molar-refractivity contribution < 1.29 is 4.39 Å². The van der Waals surface area contributed by atoms with Gasteiger partial charge in [-0.25, -0.2) is 4.39 Å². The van der Waals surface area contributed by atoms with Gasteiger partial charge in [-0.05, 0) is 73.5 Å². The van der Waals surface area contributed by atoms with Crippen LogP contribution in [0.15, 0.2) is 18.2 Å². The van der Waals surface area contributed by atoms with E-state index in [1.165, 1.54) is 51.4 Å². The van der Waals surface area contributed by atoms with Crippen LogP contribution in [0.5, 0.6) is 0 Å². The Morgan fingerprint density at radius 1 is 1.14 bits per heavy atom. The lowest BCUT2D eigenvalue weighted by atomic mass is 9.63. The highest BCUT2D eigenvalue weighted by molar-refractivity contribution is 5.35. The first-order chi connectivity index (χ1) is 10.7. The Hall–Kier alpha value is -1.36. The summed E-state index contributed by atoms with van der Waals surface area (Å²) < 4.78 is 13.9. The third kappa shape index (κ3) is 3.19. The van der Waals surface area contributed by atoms with E-state index in [4.69, 9.17) is 5.26 Å². The van der Waals surface area contributed by atoms with Crippen LogP contribution in [0, 0.1) is 34.9 Å². The zero-order chi connectivity index (χ0) is 15.5. The minimum absolute atomic E-state index is 0.164. The highest BCUT2D eigenvalue weighted by Crippen LogP contribution is 2.48. The van der Waals surface area contributed by atoms with Crippen molar-refractivity contribution >= 4 is 0 Å². The maximum Gasteiger partial charge on any atom is 0.141 e. The summed E-state index contributed by atoms with van der Waals surface area (Å²) in [6.45, 7) is 2.29. The molecule has 0 aromatic heterocycles. The van der Waals surface area contributed by atoms with Crippen molar-refractivity contribution in [2.45, 2.75) is 64.2 Å². The molecule has 2 saturated carbocycles. The van der Waals surface area contributed by atoms with Gasteiger partial charge in [0, 0.05) is 0 Å². The first-order valence-electron chi connectivity index (χ1n) is 8.90. The molecule has 2 heteroatoms. The van der Waals surface area contributed by atoms with Gasteiger partial charge >= 0.3 is 0 Å². The van der Waals surface area contributed by atoms with Crippen molar-refractivity contribution in [2.24, 2.45) is 17.8 Å². The monoisotopic (exact) mass is 299 g/mol. The smallest absolute Gasteiger partial charge is 0.141 e. The second kappa shape index (κ2) is 6.82. The molecular formula is C20H26FN. The third-order valence-electron chi connectivity index (χ3n) is 6.00. The molecule has 2 aliphatic carbocycles. The highest BCUT2D eigenvalue weighted by Gasteiger charge is 2.35. The van der Waals surface area contributed by atoms with Gasteiger partial charge < -0.3 is 0 Å². The number of nitrogens with zero attached hydrogens (tertiary/aromatic N) is 1. The van der Waals surface area contributed by atoms with Gasteiger partial charge in [-0.3, -0.25) is 0 Å². The van der Waals surface area contributed by atoms with E-state index in [0.29, 0.717) is 5.92 Å². The number of hydrogen-bond acceptors (Lipinski definition) is 1. The number of hydrogen-bond donors (Lipinski definition) is 0. The largest absolute Gasteiger partial charge is 0.206 e. The minimum atomic E-state index is -0.353. The lowest BCUT2D eigenvalue weighted by Gasteiger charge is -2.42. The fourth-order valence-corrected chi connectivity index (χ4v) is 4.84. The molecule has 1 aromatic carbocycles. The average molecular weight is 299 g/mol. The van der Waals surface area contributed by atoms with Gasteiger partial charge in [-0.2, -0.15) is 5.26 Å². The van der Waals surface area contributed by atoms with Crippen molar-refractivity contribution in [3.05, 3.63) is 35.1 Å². The first kappa shape index (κ1) is 15.5. The normalized spacial score (nSPS) is 31.3. The van der Waals surface area contributed by atoms with Gasteiger partial charge in [-0.15, -0.1) is 0 Å². The predicted octanol–water partition coefficient (Wildman–Crippen LogP) is 5.80. The molecule has 3 rings (SSSR count). The highest BCUT2D eigenvalue weighted by atomic mass is 19.1. The van der Waals surface area contributed by atoms with Crippen LogP contribution in [-0.4, -0.2) is 0 Å². The number of fused-ring (bicyclic) bond motifs is 1. The molecule has 0 bridgehead atoms. The Labute approximate surface area is 133 Å². The Kier molecular flexibility index (Phi) is 4.81. The van der Waals surface area contributed by atoms with E-state index in [2.05, 4.69) is 6.92 Å². The number of rotatable bonds is 3. The summed E-state index contributed by atoms with van der Waals surface area (Å²) in [5, 5.41) is 8.85. The fourth-order valence-electron chi connectivity index (χ4n) is 4.84. The van der Waals surface area contributed by atoms with E-state index in [1.807, 2.05) is 12.1 Å². The summed E-state index contributed by atoms with van der Waals surface area (Å²) in [5.74, 6) is 2.84. The maximum absolute atomic E-state index is 13.9. The summed E-state index contributed by atoms with van der Waals surface area (Å²) in [5.41, 5.74) is 1.27. The molecule has 1 nitrogen and oxygen atoms in total. The summed E-state index contributed by atoms with van der Waals surface area (Å²) >= 11 is 0. The summed E-state index contributed by atoms with van der Waals surface area (Å²) in [6, 6.07) is 7.13. The molecule has 22 heavy (non-hydrogen) atoms. The first-order valence-corrected chi connectivity index (χ1v) is 8.90. The third-order valence-corrected chi connectivity index (χ3v) is 6.00. The van der Waals surface area contributed by atoms with E-state index in [9.17, 15) is 4.39 Å². The van der Waals surface area contributed by atoms with E-state index >= 15 is 0 Å². The SMILES string of the molecule is CCCC1CCC2CC(c3ccc(C#N)c(F)c3)CCC2C1. The standard InChI is InChI=1S/C20H26FN/c1-2-3-14-4-5-16-11-17(7-6-15(16)10-14)18-8-9-19(13-22)20(21)12-18/h8-9,12,14-17H,2-7,10-11H2,1H3. The van der Waals surface area contributed by atoms with Gasteiger partial charge in [0.15, 0.2) is 0 Å². The fraction of sp³-hybridized carbons (Fsp3) is 0.650. The van der Waals surface area contributed by atoms with Crippen LogP contribution in [-0.2, 0) is 0 Å². The Balaban J connectivity index is 1.65. The molecule has 0 heterocycles. The Morgan fingerprint density at radius 2 is 1.91 bits per heavy atom. The average Bonchev–Trinajstić information content (AvgIpc) is 2.54. The molecule has 0 aliphatic heterocycles. The topological polar surface area (TPSA) is 23.8 Å². The van der Waals surface area contributed by atoms with Crippen LogP contribution < -0.4 is 0 Å². The van der Waals surface area contributed by atoms with Gasteiger partial charge in [0.25, 0.3) is 0 Å². The van der Waals surface area contributed by atoms with E-state index in [1.54, 1.807) is 12.1 Å². The quantitative estimate of drug-likeness (QED) is 0.692. The summed E-state index contributed by atoms with van der Waals surface area (Å²) in [4.78, 5) is 0. The molecule has 0 radical (unpaired) electrons. The van der Waals surface area contributed by atoms with Gasteiger partial charge in [0.1, 0.15) is 11.9 Å². The predicted molar refractivity (Wildman–Crippen MR) is 86.9 cm³/mol. The second-order valence-corrected chi connectivity index (χ2v) is 7.35.